The quantitative estimate of drug-likeness (QED) is 0.673. The smallest absolute Gasteiger partial charge is 0.130 e. The van der Waals surface area contributed by atoms with Crippen LogP contribution in [0.3, 0.4) is 0 Å². The van der Waals surface area contributed by atoms with Crippen LogP contribution in [0.5, 0.6) is 11.5 Å². The van der Waals surface area contributed by atoms with Crippen LogP contribution >= 0.6 is 0 Å². The van der Waals surface area contributed by atoms with Crippen molar-refractivity contribution in [3.63, 3.8) is 0 Å². The van der Waals surface area contributed by atoms with Gasteiger partial charge in [-0.05, 0) is 36.6 Å². The molecule has 2 N–H and O–H groups in total. The zero-order chi connectivity index (χ0) is 10.3. The maximum Gasteiger partial charge on any atom is 0.130 e. The lowest BCUT2D eigenvalue weighted by Gasteiger charge is -2.06. The number of hydrogen-bond donors (Lipinski definition) is 2. The van der Waals surface area contributed by atoms with Gasteiger partial charge >= 0.3 is 0 Å². The van der Waals surface area contributed by atoms with E-state index in [0.29, 0.717) is 16.3 Å². The van der Waals surface area contributed by atoms with Gasteiger partial charge in [0.25, 0.3) is 0 Å². The first-order valence-corrected chi connectivity index (χ1v) is 4.20. The zero-order valence-corrected chi connectivity index (χ0v) is 7.58. The Balaban J connectivity index is 2.91. The van der Waals surface area contributed by atoms with Crippen LogP contribution in [0.15, 0.2) is 24.3 Å². The third-order valence-electron chi connectivity index (χ3n) is 2.30. The number of rotatable bonds is 0. The molecular formula is C11H9FO2. The monoisotopic (exact) mass is 192 g/mol. The summed E-state index contributed by atoms with van der Waals surface area (Å²) >= 11 is 0. The molecule has 2 aromatic carbocycles. The maximum absolute atomic E-state index is 12.8. The molecule has 2 nitrogen and oxygen atoms in total. The number of phenolic OH excluding ortho intramolecular Hbond substituents is 2. The number of aromatic hydroxyl groups is 2. The van der Waals surface area contributed by atoms with Crippen molar-refractivity contribution in [3.05, 3.63) is 35.6 Å². The Morgan fingerprint density at radius 3 is 2.57 bits per heavy atom. The molecule has 0 radical (unpaired) electrons. The van der Waals surface area contributed by atoms with Gasteiger partial charge in [0.05, 0.1) is 0 Å². The van der Waals surface area contributed by atoms with Gasteiger partial charge in [0.2, 0.25) is 0 Å². The van der Waals surface area contributed by atoms with E-state index in [2.05, 4.69) is 0 Å². The van der Waals surface area contributed by atoms with Crippen molar-refractivity contribution < 1.29 is 14.6 Å². The summed E-state index contributed by atoms with van der Waals surface area (Å²) < 4.78 is 12.8. The lowest BCUT2D eigenvalue weighted by atomic mass is 10.1. The van der Waals surface area contributed by atoms with Crippen LogP contribution in [0.2, 0.25) is 0 Å². The molecule has 0 aliphatic heterocycles. The Bertz CT molecular complexity index is 506. The van der Waals surface area contributed by atoms with E-state index < -0.39 is 0 Å². The Morgan fingerprint density at radius 2 is 1.86 bits per heavy atom. The van der Waals surface area contributed by atoms with Gasteiger partial charge in [0.15, 0.2) is 0 Å². The second kappa shape index (κ2) is 2.87. The topological polar surface area (TPSA) is 40.5 Å². The average Bonchev–Trinajstić information content (AvgIpc) is 2.14. The SMILES string of the molecule is Cc1c(O)cc2cc(F)ccc2c1O. The molecule has 72 valence electrons. The van der Waals surface area contributed by atoms with E-state index in [1.165, 1.54) is 24.3 Å². The molecule has 0 bridgehead atoms. The van der Waals surface area contributed by atoms with Crippen molar-refractivity contribution in [2.24, 2.45) is 0 Å². The average molecular weight is 192 g/mol. The van der Waals surface area contributed by atoms with E-state index in [9.17, 15) is 14.6 Å². The van der Waals surface area contributed by atoms with Gasteiger partial charge in [0.1, 0.15) is 17.3 Å². The van der Waals surface area contributed by atoms with Crippen molar-refractivity contribution in [2.75, 3.05) is 0 Å². The molecule has 3 heteroatoms. The fourth-order valence-electron chi connectivity index (χ4n) is 1.45. The highest BCUT2D eigenvalue weighted by Gasteiger charge is 2.08. The molecule has 2 rings (SSSR count). The van der Waals surface area contributed by atoms with E-state index in [4.69, 9.17) is 0 Å². The Labute approximate surface area is 80.2 Å². The fourth-order valence-corrected chi connectivity index (χ4v) is 1.45. The number of fused-ring (bicyclic) bond motifs is 1. The van der Waals surface area contributed by atoms with Crippen LogP contribution in [0, 0.1) is 12.7 Å². The minimum Gasteiger partial charge on any atom is -0.508 e. The van der Waals surface area contributed by atoms with Crippen molar-refractivity contribution in [1.82, 2.24) is 0 Å². The van der Waals surface area contributed by atoms with Crippen molar-refractivity contribution in [1.29, 1.82) is 0 Å². The largest absolute Gasteiger partial charge is 0.508 e. The summed E-state index contributed by atoms with van der Waals surface area (Å²) in [6.45, 7) is 1.60. The summed E-state index contributed by atoms with van der Waals surface area (Å²) in [5.41, 5.74) is 0.407. The van der Waals surface area contributed by atoms with Gasteiger partial charge in [-0.25, -0.2) is 4.39 Å². The molecule has 0 aliphatic carbocycles. The van der Waals surface area contributed by atoms with Crippen LogP contribution < -0.4 is 0 Å². The second-order valence-corrected chi connectivity index (χ2v) is 3.23. The molecule has 0 spiro atoms. The molecule has 0 unspecified atom stereocenters. The molecule has 0 atom stereocenters. The maximum atomic E-state index is 12.8. The summed E-state index contributed by atoms with van der Waals surface area (Å²) in [6.07, 6.45) is 0. The van der Waals surface area contributed by atoms with Crippen LogP contribution in [-0.2, 0) is 0 Å². The van der Waals surface area contributed by atoms with Crippen LogP contribution in [-0.4, -0.2) is 10.2 Å². The lowest BCUT2D eigenvalue weighted by molar-refractivity contribution is 0.448. The predicted molar refractivity (Wildman–Crippen MR) is 52.0 cm³/mol. The first-order valence-electron chi connectivity index (χ1n) is 4.20. The first kappa shape index (κ1) is 8.81. The zero-order valence-electron chi connectivity index (χ0n) is 7.58. The van der Waals surface area contributed by atoms with Crippen molar-refractivity contribution in [2.45, 2.75) is 6.92 Å². The number of hydrogen-bond acceptors (Lipinski definition) is 2. The lowest BCUT2D eigenvalue weighted by Crippen LogP contribution is -1.82. The predicted octanol–water partition coefficient (Wildman–Crippen LogP) is 2.70. The Hall–Kier alpha value is -1.77. The fraction of sp³-hybridized carbons (Fsp3) is 0.0909. The standard InChI is InChI=1S/C11H9FO2/c1-6-10(13)5-7-4-8(12)2-3-9(7)11(6)14/h2-5,13-14H,1H3. The van der Waals surface area contributed by atoms with Gasteiger partial charge in [-0.15, -0.1) is 0 Å². The minimum atomic E-state index is -0.389. The normalized spacial score (nSPS) is 10.7. The van der Waals surface area contributed by atoms with E-state index in [0.717, 1.165) is 0 Å². The molecule has 2 aromatic rings. The summed E-state index contributed by atoms with van der Waals surface area (Å²) in [5.74, 6) is -0.416. The van der Waals surface area contributed by atoms with Gasteiger partial charge in [0, 0.05) is 10.9 Å². The van der Waals surface area contributed by atoms with Gasteiger partial charge in [-0.2, -0.15) is 0 Å². The molecule has 0 heterocycles. The van der Waals surface area contributed by atoms with Gasteiger partial charge in [-0.3, -0.25) is 0 Å². The van der Waals surface area contributed by atoms with Crippen molar-refractivity contribution in [3.8, 4) is 11.5 Å². The van der Waals surface area contributed by atoms with Crippen LogP contribution in [0.1, 0.15) is 5.56 Å². The second-order valence-electron chi connectivity index (χ2n) is 3.23. The molecule has 0 amide bonds. The summed E-state index contributed by atoms with van der Waals surface area (Å²) in [7, 11) is 0. The van der Waals surface area contributed by atoms with Gasteiger partial charge < -0.3 is 10.2 Å². The number of benzene rings is 2. The third-order valence-corrected chi connectivity index (χ3v) is 2.30. The summed E-state index contributed by atoms with van der Waals surface area (Å²) in [4.78, 5) is 0. The molecule has 0 fully saturated rings. The Morgan fingerprint density at radius 1 is 1.14 bits per heavy atom. The van der Waals surface area contributed by atoms with E-state index in [1.807, 2.05) is 0 Å². The van der Waals surface area contributed by atoms with E-state index in [1.54, 1.807) is 6.92 Å². The third kappa shape index (κ3) is 1.18. The molecule has 0 aromatic heterocycles. The minimum absolute atomic E-state index is 0.000000000000000222. The number of phenols is 2. The van der Waals surface area contributed by atoms with E-state index >= 15 is 0 Å². The molecule has 14 heavy (non-hydrogen) atoms. The highest BCUT2D eigenvalue weighted by molar-refractivity contribution is 5.91. The summed E-state index contributed by atoms with van der Waals surface area (Å²) in [6, 6.07) is 5.48. The molecular weight excluding hydrogens is 183 g/mol. The molecule has 0 saturated carbocycles. The molecule has 0 aliphatic rings. The Kier molecular flexibility index (Phi) is 1.81. The highest BCUT2D eigenvalue weighted by atomic mass is 19.1. The van der Waals surface area contributed by atoms with E-state index in [-0.39, 0.29) is 17.3 Å². The molecule has 0 saturated heterocycles. The summed E-state index contributed by atoms with van der Waals surface area (Å²) in [5, 5.41) is 20.1. The van der Waals surface area contributed by atoms with Crippen LogP contribution in [0.4, 0.5) is 4.39 Å². The van der Waals surface area contributed by atoms with Gasteiger partial charge in [-0.1, -0.05) is 0 Å². The highest BCUT2D eigenvalue weighted by Crippen LogP contribution is 2.34. The van der Waals surface area contributed by atoms with Crippen LogP contribution in [0.25, 0.3) is 10.8 Å². The first-order chi connectivity index (χ1) is 6.59. The number of halogens is 1. The van der Waals surface area contributed by atoms with Crippen molar-refractivity contribution >= 4 is 10.8 Å².